The molecule has 4 saturated carbocycles. The normalized spacial score (nSPS) is 32.2. The molecule has 0 amide bonds. The highest BCUT2D eigenvalue weighted by Crippen LogP contribution is 2.43. The van der Waals surface area contributed by atoms with E-state index in [0.717, 1.165) is 47.7 Å². The van der Waals surface area contributed by atoms with E-state index in [4.69, 9.17) is 0 Å². The standard InChI is InChI=1S/C12H25N.C11H23N.C11H22.C10H21N/c1-12(2,3)10-6-8-11(9-7-10)13(4)5;1-11(2,3)9-5-7-10(12-4)8-6-9;1-9-5-7-10(8-6-9)11(2,3)4;1-10(2,3)8-6-9(7-8)11(4)5/h10-11H,6-9H2,1-5H3;9-10,12H,5-8H2,1-4H3;9-10H,5-8H2,1-4H3;8-9H,6-7H2,1-5H3. The monoisotopic (exact) mass is 662 g/mol. The summed E-state index contributed by atoms with van der Waals surface area (Å²) in [5.74, 6) is 4.83. The Balaban J connectivity index is 0.000000314. The summed E-state index contributed by atoms with van der Waals surface area (Å²) in [7, 11) is 10.9. The molecule has 282 valence electrons. The van der Waals surface area contributed by atoms with Gasteiger partial charge in [0.05, 0.1) is 0 Å². The van der Waals surface area contributed by atoms with Gasteiger partial charge in [0.1, 0.15) is 0 Å². The third-order valence-electron chi connectivity index (χ3n) is 13.3. The molecule has 47 heavy (non-hydrogen) atoms. The zero-order chi connectivity index (χ0) is 36.4. The van der Waals surface area contributed by atoms with Gasteiger partial charge in [-0.15, -0.1) is 0 Å². The van der Waals surface area contributed by atoms with Crippen molar-refractivity contribution in [3.05, 3.63) is 0 Å². The summed E-state index contributed by atoms with van der Waals surface area (Å²) < 4.78 is 0. The lowest BCUT2D eigenvalue weighted by Crippen LogP contribution is -2.45. The van der Waals surface area contributed by atoms with Gasteiger partial charge in [-0.25, -0.2) is 0 Å². The maximum absolute atomic E-state index is 3.38. The average molecular weight is 662 g/mol. The van der Waals surface area contributed by atoms with E-state index in [9.17, 15) is 0 Å². The second-order valence-electron chi connectivity index (χ2n) is 21.5. The molecule has 4 rings (SSSR count). The first-order valence-corrected chi connectivity index (χ1v) is 20.4. The Bertz CT molecular complexity index is 787. The van der Waals surface area contributed by atoms with Crippen LogP contribution >= 0.6 is 0 Å². The summed E-state index contributed by atoms with van der Waals surface area (Å²) in [6, 6.07) is 2.50. The molecular weight excluding hydrogens is 571 g/mol. The fourth-order valence-electron chi connectivity index (χ4n) is 8.55. The van der Waals surface area contributed by atoms with Crippen molar-refractivity contribution in [2.75, 3.05) is 35.2 Å². The third-order valence-corrected chi connectivity index (χ3v) is 13.3. The van der Waals surface area contributed by atoms with E-state index in [-0.39, 0.29) is 0 Å². The maximum atomic E-state index is 3.38. The van der Waals surface area contributed by atoms with Gasteiger partial charge in [-0.2, -0.15) is 0 Å². The van der Waals surface area contributed by atoms with Gasteiger partial charge in [0.15, 0.2) is 0 Å². The van der Waals surface area contributed by atoms with Crippen LogP contribution in [0.3, 0.4) is 0 Å². The van der Waals surface area contributed by atoms with Crippen LogP contribution in [0.25, 0.3) is 0 Å². The highest BCUT2D eigenvalue weighted by molar-refractivity contribution is 4.91. The molecule has 0 radical (unpaired) electrons. The van der Waals surface area contributed by atoms with Crippen LogP contribution < -0.4 is 5.32 Å². The third kappa shape index (κ3) is 17.1. The second-order valence-corrected chi connectivity index (χ2v) is 21.5. The lowest BCUT2D eigenvalue weighted by Gasteiger charge is -2.46. The lowest BCUT2D eigenvalue weighted by molar-refractivity contribution is 0.0468. The van der Waals surface area contributed by atoms with Crippen LogP contribution in [-0.2, 0) is 0 Å². The van der Waals surface area contributed by atoms with Gasteiger partial charge in [0.25, 0.3) is 0 Å². The number of hydrogen-bond acceptors (Lipinski definition) is 3. The van der Waals surface area contributed by atoms with Crippen molar-refractivity contribution in [2.45, 2.75) is 198 Å². The molecule has 0 aromatic heterocycles. The molecule has 4 fully saturated rings. The summed E-state index contributed by atoms with van der Waals surface area (Å²) >= 11 is 0. The molecule has 0 unspecified atom stereocenters. The molecule has 0 heterocycles. The minimum absolute atomic E-state index is 0.525. The Morgan fingerprint density at radius 2 is 0.702 bits per heavy atom. The van der Waals surface area contributed by atoms with Gasteiger partial charge in [-0.05, 0) is 164 Å². The zero-order valence-electron chi connectivity index (χ0n) is 35.9. The molecular formula is C44H91N3. The predicted molar refractivity (Wildman–Crippen MR) is 213 cm³/mol. The number of nitrogens with one attached hydrogen (secondary N) is 1. The molecule has 0 spiro atoms. The fraction of sp³-hybridized carbons (Fsp3) is 1.00. The highest BCUT2D eigenvalue weighted by Gasteiger charge is 2.38. The molecule has 0 aliphatic heterocycles. The Morgan fingerprint density at radius 3 is 0.979 bits per heavy atom. The van der Waals surface area contributed by atoms with E-state index < -0.39 is 0 Å². The Morgan fingerprint density at radius 1 is 0.404 bits per heavy atom. The van der Waals surface area contributed by atoms with Gasteiger partial charge in [0.2, 0.25) is 0 Å². The SMILES string of the molecule is CC1CCC(C(C)(C)C)CC1.CN(C)C1CC(C(C)(C)C)C1.CN(C)C1CCC(C(C)(C)C)CC1.CNC1CCC(C(C)(C)C)CC1. The number of hydrogen-bond donors (Lipinski definition) is 1. The molecule has 0 atom stereocenters. The quantitative estimate of drug-likeness (QED) is 0.325. The van der Waals surface area contributed by atoms with E-state index in [2.05, 4.69) is 140 Å². The summed E-state index contributed by atoms with van der Waals surface area (Å²) in [5, 5.41) is 3.38. The van der Waals surface area contributed by atoms with Crippen LogP contribution in [0.2, 0.25) is 0 Å². The van der Waals surface area contributed by atoms with Crippen molar-refractivity contribution in [1.82, 2.24) is 15.1 Å². The fourth-order valence-corrected chi connectivity index (χ4v) is 8.55. The molecule has 1 N–H and O–H groups in total. The number of nitrogens with zero attached hydrogens (tertiary/aromatic N) is 2. The number of rotatable bonds is 3. The van der Waals surface area contributed by atoms with E-state index in [0.29, 0.717) is 21.7 Å². The highest BCUT2D eigenvalue weighted by atomic mass is 15.1. The van der Waals surface area contributed by atoms with E-state index >= 15 is 0 Å². The van der Waals surface area contributed by atoms with Crippen molar-refractivity contribution in [3.8, 4) is 0 Å². The van der Waals surface area contributed by atoms with Crippen LogP contribution in [0.4, 0.5) is 0 Å². The van der Waals surface area contributed by atoms with E-state index in [1.54, 1.807) is 0 Å². The minimum Gasteiger partial charge on any atom is -0.317 e. The van der Waals surface area contributed by atoms with Crippen LogP contribution in [0.15, 0.2) is 0 Å². The predicted octanol–water partition coefficient (Wildman–Crippen LogP) is 12.2. The van der Waals surface area contributed by atoms with Crippen molar-refractivity contribution in [2.24, 2.45) is 51.2 Å². The molecule has 0 aromatic rings. The molecule has 3 nitrogen and oxygen atoms in total. The Labute approximate surface area is 298 Å². The zero-order valence-corrected chi connectivity index (χ0v) is 35.9. The van der Waals surface area contributed by atoms with Gasteiger partial charge >= 0.3 is 0 Å². The van der Waals surface area contributed by atoms with Gasteiger partial charge in [-0.1, -0.05) is 103 Å². The maximum Gasteiger partial charge on any atom is 0.00948 e. The molecule has 0 saturated heterocycles. The Kier molecular flexibility index (Phi) is 18.6. The van der Waals surface area contributed by atoms with Gasteiger partial charge < -0.3 is 15.1 Å². The van der Waals surface area contributed by atoms with Crippen LogP contribution in [0.1, 0.15) is 180 Å². The average Bonchev–Trinajstić information content (AvgIpc) is 2.91. The molecule has 4 aliphatic rings. The van der Waals surface area contributed by atoms with Crippen LogP contribution in [-0.4, -0.2) is 63.2 Å². The van der Waals surface area contributed by atoms with E-state index in [1.807, 2.05) is 0 Å². The summed E-state index contributed by atoms with van der Waals surface area (Å²) in [6.45, 7) is 30.9. The largest absolute Gasteiger partial charge is 0.317 e. The molecule has 4 aliphatic carbocycles. The summed E-state index contributed by atoms with van der Waals surface area (Å²) in [5.41, 5.74) is 2.14. The summed E-state index contributed by atoms with van der Waals surface area (Å²) in [6.07, 6.45) is 19.9. The van der Waals surface area contributed by atoms with Crippen molar-refractivity contribution in [3.63, 3.8) is 0 Å². The first-order valence-electron chi connectivity index (χ1n) is 20.4. The van der Waals surface area contributed by atoms with Crippen molar-refractivity contribution >= 4 is 0 Å². The van der Waals surface area contributed by atoms with Crippen LogP contribution in [0, 0.1) is 51.2 Å². The molecule has 3 heteroatoms. The van der Waals surface area contributed by atoms with E-state index in [1.165, 1.54) is 89.9 Å². The van der Waals surface area contributed by atoms with Crippen LogP contribution in [0.5, 0.6) is 0 Å². The topological polar surface area (TPSA) is 18.5 Å². The second kappa shape index (κ2) is 19.5. The first kappa shape index (κ1) is 44.9. The smallest absolute Gasteiger partial charge is 0.00948 e. The van der Waals surface area contributed by atoms with Crippen molar-refractivity contribution < 1.29 is 0 Å². The minimum atomic E-state index is 0.525. The first-order chi connectivity index (χ1) is 21.4. The van der Waals surface area contributed by atoms with Gasteiger partial charge in [-0.3, -0.25) is 0 Å². The Hall–Kier alpha value is -0.120. The summed E-state index contributed by atoms with van der Waals surface area (Å²) in [4.78, 5) is 4.74. The van der Waals surface area contributed by atoms with Crippen molar-refractivity contribution in [1.29, 1.82) is 0 Å². The molecule has 0 bridgehead atoms. The van der Waals surface area contributed by atoms with Gasteiger partial charge in [0, 0.05) is 18.1 Å². The lowest BCUT2D eigenvalue weighted by atomic mass is 9.65. The molecule has 0 aromatic carbocycles.